The van der Waals surface area contributed by atoms with Gasteiger partial charge in [0.2, 0.25) is 0 Å². The van der Waals surface area contributed by atoms with Crippen LogP contribution in [-0.2, 0) is 0 Å². The lowest BCUT2D eigenvalue weighted by molar-refractivity contribution is 1.07. The van der Waals surface area contributed by atoms with Gasteiger partial charge in [-0.15, -0.1) is 0 Å². The summed E-state index contributed by atoms with van der Waals surface area (Å²) < 4.78 is 42.1. The van der Waals surface area contributed by atoms with E-state index in [0.29, 0.717) is 22.8 Å². The van der Waals surface area contributed by atoms with Crippen molar-refractivity contribution in [1.82, 2.24) is 15.0 Å². The smallest absolute Gasteiger partial charge is 0.164 e. The lowest BCUT2D eigenvalue weighted by Crippen LogP contribution is -2.00. The fourth-order valence-electron chi connectivity index (χ4n) is 6.47. The van der Waals surface area contributed by atoms with Crippen LogP contribution in [0.5, 0.6) is 0 Å². The maximum Gasteiger partial charge on any atom is 0.164 e. The number of rotatable bonds is 5. The van der Waals surface area contributed by atoms with Crippen LogP contribution in [0.15, 0.2) is 176 Å². The van der Waals surface area contributed by atoms with Gasteiger partial charge in [0, 0.05) is 16.7 Å². The Morgan fingerprint density at radius 1 is 0.333 bits per heavy atom. The predicted octanol–water partition coefficient (Wildman–Crippen LogP) is 11.7. The largest absolute Gasteiger partial charge is 0.208 e. The minimum atomic E-state index is -0.473. The van der Waals surface area contributed by atoms with Crippen molar-refractivity contribution >= 4 is 32.3 Å². The third kappa shape index (κ3) is 4.99. The van der Waals surface area contributed by atoms with Gasteiger partial charge in [-0.3, -0.25) is 0 Å². The number of hydrogen-bond donors (Lipinski definition) is 0. The van der Waals surface area contributed by atoms with E-state index in [1.165, 1.54) is 16.2 Å². The van der Waals surface area contributed by atoms with E-state index in [0.717, 1.165) is 38.4 Å². The first-order valence-electron chi connectivity index (χ1n) is 18.3. The molecule has 0 saturated carbocycles. The Balaban J connectivity index is 1.21. The number of nitrogens with zero attached hydrogens (tertiary/aromatic N) is 3. The van der Waals surface area contributed by atoms with Gasteiger partial charge in [0.15, 0.2) is 17.5 Å². The van der Waals surface area contributed by atoms with Crippen LogP contribution in [0.3, 0.4) is 0 Å². The molecule has 48 heavy (non-hydrogen) atoms. The molecular formula is C45H29N3. The minimum absolute atomic E-state index is 0.00476. The molecule has 0 aliphatic heterocycles. The van der Waals surface area contributed by atoms with E-state index in [1.54, 1.807) is 0 Å². The first kappa shape index (κ1) is 23.0. The molecule has 0 amide bonds. The Morgan fingerprint density at radius 3 is 1.54 bits per heavy atom. The normalized spacial score (nSPS) is 12.8. The molecule has 0 saturated heterocycles. The van der Waals surface area contributed by atoms with Gasteiger partial charge < -0.3 is 0 Å². The van der Waals surface area contributed by atoms with Crippen LogP contribution in [-0.4, -0.2) is 15.0 Å². The zero-order chi connectivity index (χ0) is 36.2. The predicted molar refractivity (Wildman–Crippen MR) is 200 cm³/mol. The molecular weight excluding hydrogens is 583 g/mol. The van der Waals surface area contributed by atoms with E-state index < -0.39 is 18.1 Å². The summed E-state index contributed by atoms with van der Waals surface area (Å²) in [5.41, 5.74) is 5.58. The van der Waals surface area contributed by atoms with E-state index in [9.17, 15) is 0 Å². The molecule has 9 rings (SSSR count). The molecule has 1 aromatic heterocycles. The molecule has 0 bridgehead atoms. The Hall–Kier alpha value is -6.45. The molecule has 3 heteroatoms. The average molecular weight is 617 g/mol. The molecule has 0 N–H and O–H groups in total. The summed E-state index contributed by atoms with van der Waals surface area (Å²) in [6.45, 7) is 0. The Kier molecular flexibility index (Phi) is 5.61. The topological polar surface area (TPSA) is 38.7 Å². The highest BCUT2D eigenvalue weighted by molar-refractivity contribution is 6.20. The maximum absolute atomic E-state index is 8.68. The highest BCUT2D eigenvalue weighted by atomic mass is 15.0. The second-order valence-corrected chi connectivity index (χ2v) is 11.7. The Morgan fingerprint density at radius 2 is 0.854 bits per heavy atom. The number of hydrogen-bond acceptors (Lipinski definition) is 3. The number of aromatic nitrogens is 3. The third-order valence-corrected chi connectivity index (χ3v) is 8.81. The van der Waals surface area contributed by atoms with Crippen LogP contribution in [0.2, 0.25) is 0 Å². The first-order chi connectivity index (χ1) is 25.9. The van der Waals surface area contributed by atoms with Gasteiger partial charge in [-0.1, -0.05) is 170 Å². The average Bonchev–Trinajstić information content (AvgIpc) is 3.21. The fraction of sp³-hybridized carbons (Fsp3) is 0. The van der Waals surface area contributed by atoms with Gasteiger partial charge in [0.05, 0.1) is 6.85 Å². The highest BCUT2D eigenvalue weighted by Crippen LogP contribution is 2.40. The molecule has 0 unspecified atom stereocenters. The van der Waals surface area contributed by atoms with E-state index in [-0.39, 0.29) is 23.5 Å². The second-order valence-electron chi connectivity index (χ2n) is 11.7. The van der Waals surface area contributed by atoms with Crippen molar-refractivity contribution in [1.29, 1.82) is 0 Å². The molecule has 0 aliphatic rings. The zero-order valence-electron chi connectivity index (χ0n) is 30.7. The van der Waals surface area contributed by atoms with Gasteiger partial charge in [-0.05, 0) is 60.6 Å². The van der Waals surface area contributed by atoms with Crippen molar-refractivity contribution in [3.63, 3.8) is 0 Å². The van der Waals surface area contributed by atoms with Gasteiger partial charge in [0.1, 0.15) is 0 Å². The molecule has 224 valence electrons. The molecule has 9 aromatic rings. The standard InChI is InChI=1S/C45H29N3/c1-3-11-30(12-4-1)31-19-23-35(24-20-31)44-46-43(34-14-5-2-6-15-34)47-45(48-44)36-25-21-33(22-26-36)42-39-18-10-8-16-37(39)29-41-38-17-9-7-13-32(38)27-28-40(41)42/h1-29H/i2D,5D,6D,14D,15D. The number of fused-ring (bicyclic) bond motifs is 4. The van der Waals surface area contributed by atoms with E-state index in [1.807, 2.05) is 66.7 Å². The summed E-state index contributed by atoms with van der Waals surface area (Å²) in [7, 11) is 0. The monoisotopic (exact) mass is 616 g/mol. The van der Waals surface area contributed by atoms with Crippen LogP contribution >= 0.6 is 0 Å². The molecule has 8 aromatic carbocycles. The lowest BCUT2D eigenvalue weighted by Gasteiger charge is -2.14. The van der Waals surface area contributed by atoms with Crippen molar-refractivity contribution in [3.05, 3.63) is 176 Å². The summed E-state index contributed by atoms with van der Waals surface area (Å²) in [6.07, 6.45) is 0. The Bertz CT molecular complexity index is 2850. The summed E-state index contributed by atoms with van der Waals surface area (Å²) in [6, 6.07) is 47.3. The van der Waals surface area contributed by atoms with Gasteiger partial charge >= 0.3 is 0 Å². The van der Waals surface area contributed by atoms with Crippen LogP contribution in [0, 0.1) is 0 Å². The van der Waals surface area contributed by atoms with Gasteiger partial charge in [0.25, 0.3) is 0 Å². The molecule has 0 fully saturated rings. The van der Waals surface area contributed by atoms with Gasteiger partial charge in [-0.2, -0.15) is 0 Å². The van der Waals surface area contributed by atoms with Crippen LogP contribution < -0.4 is 0 Å². The van der Waals surface area contributed by atoms with E-state index in [2.05, 4.69) is 78.9 Å². The minimum Gasteiger partial charge on any atom is -0.208 e. The SMILES string of the molecule is [2H]c1c([2H])c([2H])c(-c2nc(-c3ccc(-c4ccccc4)cc3)nc(-c3ccc(-c4c5ccccc5cc5c4ccc4ccccc45)cc3)n2)c([2H])c1[2H]. The van der Waals surface area contributed by atoms with Crippen molar-refractivity contribution in [3.8, 4) is 56.4 Å². The van der Waals surface area contributed by atoms with E-state index >= 15 is 0 Å². The second kappa shape index (κ2) is 11.7. The van der Waals surface area contributed by atoms with Crippen molar-refractivity contribution in [2.24, 2.45) is 0 Å². The Labute approximate surface area is 285 Å². The summed E-state index contributed by atoms with van der Waals surface area (Å²) in [5.74, 6) is 0.654. The van der Waals surface area contributed by atoms with Crippen LogP contribution in [0.4, 0.5) is 0 Å². The summed E-state index contributed by atoms with van der Waals surface area (Å²) >= 11 is 0. The van der Waals surface area contributed by atoms with Crippen molar-refractivity contribution in [2.45, 2.75) is 0 Å². The highest BCUT2D eigenvalue weighted by Gasteiger charge is 2.15. The molecule has 0 aliphatic carbocycles. The van der Waals surface area contributed by atoms with Crippen molar-refractivity contribution < 1.29 is 6.85 Å². The summed E-state index contributed by atoms with van der Waals surface area (Å²) in [5, 5.41) is 7.02. The summed E-state index contributed by atoms with van der Waals surface area (Å²) in [4.78, 5) is 14.3. The fourth-order valence-corrected chi connectivity index (χ4v) is 6.47. The molecule has 3 nitrogen and oxygen atoms in total. The number of benzene rings is 8. The third-order valence-electron chi connectivity index (χ3n) is 8.81. The maximum atomic E-state index is 8.68. The van der Waals surface area contributed by atoms with Crippen LogP contribution in [0.25, 0.3) is 88.7 Å². The first-order valence-corrected chi connectivity index (χ1v) is 15.8. The van der Waals surface area contributed by atoms with E-state index in [4.69, 9.17) is 21.8 Å². The van der Waals surface area contributed by atoms with Gasteiger partial charge in [-0.25, -0.2) is 15.0 Å². The lowest BCUT2D eigenvalue weighted by atomic mass is 9.89. The van der Waals surface area contributed by atoms with Crippen molar-refractivity contribution in [2.75, 3.05) is 0 Å². The van der Waals surface area contributed by atoms with Crippen LogP contribution in [0.1, 0.15) is 6.85 Å². The quantitative estimate of drug-likeness (QED) is 0.143. The molecule has 0 atom stereocenters. The molecule has 1 heterocycles. The molecule has 0 spiro atoms. The molecule has 0 radical (unpaired) electrons. The zero-order valence-corrected chi connectivity index (χ0v) is 25.7.